The van der Waals surface area contributed by atoms with Crippen LogP contribution >= 0.6 is 0 Å². The maximum atomic E-state index is 12.8. The van der Waals surface area contributed by atoms with E-state index >= 15 is 0 Å². The van der Waals surface area contributed by atoms with Crippen LogP contribution in [0.15, 0.2) is 12.5 Å². The van der Waals surface area contributed by atoms with Crippen LogP contribution in [0.5, 0.6) is 0 Å². The predicted molar refractivity (Wildman–Crippen MR) is 87.6 cm³/mol. The molecule has 0 aromatic carbocycles. The molecule has 1 N–H and O–H groups in total. The fraction of sp³-hybridized carbons (Fsp3) is 0.412. The fourth-order valence-corrected chi connectivity index (χ4v) is 4.10. The molecule has 2 aliphatic rings. The highest BCUT2D eigenvalue weighted by molar-refractivity contribution is 6.23. The lowest BCUT2D eigenvalue weighted by Crippen LogP contribution is -2.20. The van der Waals surface area contributed by atoms with Crippen LogP contribution in [0.25, 0.3) is 22.4 Å². The van der Waals surface area contributed by atoms with Crippen molar-refractivity contribution >= 4 is 16.8 Å². The van der Waals surface area contributed by atoms with Gasteiger partial charge in [0.25, 0.3) is 0 Å². The molecule has 0 bridgehead atoms. The van der Waals surface area contributed by atoms with Crippen molar-refractivity contribution in [1.29, 1.82) is 5.26 Å². The summed E-state index contributed by atoms with van der Waals surface area (Å²) in [5.41, 5.74) is 2.59. The Labute approximate surface area is 142 Å². The second kappa shape index (κ2) is 5.21. The Balaban J connectivity index is 1.67. The molecule has 1 fully saturated rings. The van der Waals surface area contributed by atoms with E-state index in [-0.39, 0.29) is 11.8 Å². The number of H-pyrrole nitrogens is 1. The Morgan fingerprint density at radius 2 is 2.04 bits per heavy atom. The van der Waals surface area contributed by atoms with Crippen LogP contribution in [0.1, 0.15) is 54.2 Å². The lowest BCUT2D eigenvalue weighted by atomic mass is 9.96. The van der Waals surface area contributed by atoms with Crippen molar-refractivity contribution in [3.8, 4) is 17.5 Å². The van der Waals surface area contributed by atoms with Gasteiger partial charge in [0.15, 0.2) is 5.69 Å². The molecule has 0 aliphatic heterocycles. The first kappa shape index (κ1) is 14.3. The minimum Gasteiger partial charge on any atom is -0.345 e. The van der Waals surface area contributed by atoms with E-state index in [9.17, 15) is 10.1 Å². The molecule has 3 aromatic rings. The van der Waals surface area contributed by atoms with Gasteiger partial charge in [0.2, 0.25) is 5.78 Å². The molecule has 1 unspecified atom stereocenters. The molecule has 0 radical (unpaired) electrons. The first-order valence-corrected chi connectivity index (χ1v) is 8.49. The Hall–Kier alpha value is -3.08. The van der Waals surface area contributed by atoms with E-state index in [0.717, 1.165) is 12.8 Å². The summed E-state index contributed by atoms with van der Waals surface area (Å²) >= 11 is 0. The third-order valence-electron chi connectivity index (χ3n) is 5.32. The molecule has 1 atom stereocenters. The van der Waals surface area contributed by atoms with Crippen molar-refractivity contribution < 1.29 is 4.79 Å². The maximum absolute atomic E-state index is 12.8. The normalized spacial score (nSPS) is 17.6. The number of carbonyl (C=O) groups is 1. The van der Waals surface area contributed by atoms with Crippen molar-refractivity contribution in [2.45, 2.75) is 38.1 Å². The number of nitrogens with zero attached hydrogens (tertiary/aromatic N) is 6. The number of fused-ring (bicyclic) bond motifs is 2. The van der Waals surface area contributed by atoms with Crippen molar-refractivity contribution in [2.75, 3.05) is 0 Å². The molecule has 0 saturated heterocycles. The number of carbonyl (C=O) groups excluding carboxylic acids is 1. The number of aromatic amines is 1. The summed E-state index contributed by atoms with van der Waals surface area (Å²) in [6, 6.07) is 2.16. The number of nitriles is 1. The van der Waals surface area contributed by atoms with Crippen LogP contribution in [0, 0.1) is 17.2 Å². The highest BCUT2D eigenvalue weighted by Gasteiger charge is 2.35. The molecular formula is C17H15N7O. The Bertz CT molecular complexity index is 1040. The van der Waals surface area contributed by atoms with Crippen LogP contribution in [-0.4, -0.2) is 35.7 Å². The smallest absolute Gasteiger partial charge is 0.217 e. The average Bonchev–Trinajstić information content (AvgIpc) is 3.37. The number of hydrogen-bond donors (Lipinski definition) is 1. The van der Waals surface area contributed by atoms with E-state index in [4.69, 9.17) is 0 Å². The van der Waals surface area contributed by atoms with Gasteiger partial charge in [0.05, 0.1) is 29.5 Å². The van der Waals surface area contributed by atoms with E-state index in [0.29, 0.717) is 46.0 Å². The van der Waals surface area contributed by atoms with Crippen LogP contribution in [0.4, 0.5) is 0 Å². The average molecular weight is 333 g/mol. The second-order valence-electron chi connectivity index (χ2n) is 6.67. The van der Waals surface area contributed by atoms with Gasteiger partial charge < -0.3 is 4.98 Å². The minimum atomic E-state index is -0.170. The molecule has 3 aromatic heterocycles. The van der Waals surface area contributed by atoms with E-state index in [1.54, 1.807) is 11.0 Å². The molecule has 1 saturated carbocycles. The third-order valence-corrected chi connectivity index (χ3v) is 5.32. The quantitative estimate of drug-likeness (QED) is 0.616. The molecule has 124 valence electrons. The SMILES string of the molecule is N#CCC(C1CCCC1)n1nc2c(n1)-c1ncnc3[nH]cc(c13)C2=O. The summed E-state index contributed by atoms with van der Waals surface area (Å²) in [4.78, 5) is 25.9. The van der Waals surface area contributed by atoms with E-state index < -0.39 is 0 Å². The molecule has 2 aliphatic carbocycles. The van der Waals surface area contributed by atoms with Crippen LogP contribution in [0.3, 0.4) is 0 Å². The molecule has 8 heteroatoms. The van der Waals surface area contributed by atoms with E-state index in [1.807, 2.05) is 0 Å². The first-order chi connectivity index (χ1) is 12.3. The molecule has 5 rings (SSSR count). The summed E-state index contributed by atoms with van der Waals surface area (Å²) in [6.45, 7) is 0. The lowest BCUT2D eigenvalue weighted by molar-refractivity contribution is 0.103. The maximum Gasteiger partial charge on any atom is 0.217 e. The van der Waals surface area contributed by atoms with Gasteiger partial charge in [0, 0.05) is 6.20 Å². The van der Waals surface area contributed by atoms with Crippen LogP contribution in [0.2, 0.25) is 0 Å². The largest absolute Gasteiger partial charge is 0.345 e. The van der Waals surface area contributed by atoms with Crippen molar-refractivity contribution in [1.82, 2.24) is 29.9 Å². The zero-order valence-corrected chi connectivity index (χ0v) is 13.4. The van der Waals surface area contributed by atoms with Crippen molar-refractivity contribution in [3.05, 3.63) is 23.8 Å². The highest BCUT2D eigenvalue weighted by atomic mass is 16.1. The number of ketones is 1. The first-order valence-electron chi connectivity index (χ1n) is 8.49. The van der Waals surface area contributed by atoms with Gasteiger partial charge in [-0.1, -0.05) is 12.8 Å². The van der Waals surface area contributed by atoms with E-state index in [2.05, 4.69) is 31.2 Å². The zero-order chi connectivity index (χ0) is 17.0. The predicted octanol–water partition coefficient (Wildman–Crippen LogP) is 2.41. The molecular weight excluding hydrogens is 318 g/mol. The Morgan fingerprint density at radius 1 is 1.24 bits per heavy atom. The third kappa shape index (κ3) is 1.95. The summed E-state index contributed by atoms with van der Waals surface area (Å²) in [6.07, 6.45) is 7.94. The van der Waals surface area contributed by atoms with Gasteiger partial charge in [-0.05, 0) is 18.8 Å². The topological polar surface area (TPSA) is 113 Å². The number of nitrogens with one attached hydrogen (secondary N) is 1. The van der Waals surface area contributed by atoms with Gasteiger partial charge in [0.1, 0.15) is 23.4 Å². The monoisotopic (exact) mass is 333 g/mol. The lowest BCUT2D eigenvalue weighted by Gasteiger charge is -2.19. The fourth-order valence-electron chi connectivity index (χ4n) is 4.10. The zero-order valence-electron chi connectivity index (χ0n) is 13.4. The Kier molecular flexibility index (Phi) is 2.98. The summed E-state index contributed by atoms with van der Waals surface area (Å²) < 4.78 is 0. The number of aromatic nitrogens is 6. The van der Waals surface area contributed by atoms with Gasteiger partial charge in [-0.2, -0.15) is 15.2 Å². The van der Waals surface area contributed by atoms with Crippen LogP contribution < -0.4 is 0 Å². The van der Waals surface area contributed by atoms with Gasteiger partial charge in [-0.3, -0.25) is 4.79 Å². The van der Waals surface area contributed by atoms with Gasteiger partial charge in [-0.15, -0.1) is 5.10 Å². The molecule has 0 amide bonds. The van der Waals surface area contributed by atoms with Crippen molar-refractivity contribution in [2.24, 2.45) is 5.92 Å². The second-order valence-corrected chi connectivity index (χ2v) is 6.67. The van der Waals surface area contributed by atoms with Gasteiger partial charge >= 0.3 is 0 Å². The summed E-state index contributed by atoms with van der Waals surface area (Å²) in [7, 11) is 0. The van der Waals surface area contributed by atoms with E-state index in [1.165, 1.54) is 19.2 Å². The highest BCUT2D eigenvalue weighted by Crippen LogP contribution is 2.39. The standard InChI is InChI=1S/C17H15N7O/c18-6-5-11(9-3-1-2-4-9)24-22-14-13-12-10(16(25)15(14)23-24)7-19-17(12)21-8-20-13/h7-9,11H,1-5H2,(H,19,20,21). The molecule has 3 heterocycles. The van der Waals surface area contributed by atoms with Gasteiger partial charge in [-0.25, -0.2) is 9.97 Å². The van der Waals surface area contributed by atoms with Crippen LogP contribution in [-0.2, 0) is 0 Å². The summed E-state index contributed by atoms with van der Waals surface area (Å²) in [5, 5.41) is 19.0. The number of rotatable bonds is 3. The molecule has 25 heavy (non-hydrogen) atoms. The molecule has 8 nitrogen and oxygen atoms in total. The number of hydrogen-bond acceptors (Lipinski definition) is 6. The minimum absolute atomic E-state index is 0.0934. The van der Waals surface area contributed by atoms with Crippen molar-refractivity contribution in [3.63, 3.8) is 0 Å². The molecule has 0 spiro atoms. The summed E-state index contributed by atoms with van der Waals surface area (Å²) in [5.74, 6) is 0.213. The Morgan fingerprint density at radius 3 is 2.84 bits per heavy atom.